The maximum atomic E-state index is 5.79. The van der Waals surface area contributed by atoms with Gasteiger partial charge in [-0.15, -0.1) is 11.3 Å². The van der Waals surface area contributed by atoms with Crippen molar-refractivity contribution in [2.45, 2.75) is 19.1 Å². The molecule has 0 bridgehead atoms. The lowest BCUT2D eigenvalue weighted by atomic mass is 10.0. The predicted octanol–water partition coefficient (Wildman–Crippen LogP) is 2.22. The summed E-state index contributed by atoms with van der Waals surface area (Å²) < 4.78 is 12.1. The highest BCUT2D eigenvalue weighted by atomic mass is 32.1. The molecule has 0 saturated carbocycles. The van der Waals surface area contributed by atoms with Crippen LogP contribution in [-0.4, -0.2) is 33.8 Å². The molecular formula is C14H14N4O2S. The first kappa shape index (κ1) is 12.9. The molecule has 0 unspecified atom stereocenters. The lowest BCUT2D eigenvalue weighted by Gasteiger charge is -2.38. The Bertz CT molecular complexity index is 778. The second-order valence-electron chi connectivity index (χ2n) is 5.38. The van der Waals surface area contributed by atoms with Crippen molar-refractivity contribution in [3.63, 3.8) is 0 Å². The van der Waals surface area contributed by atoms with Crippen LogP contribution in [-0.2, 0) is 11.3 Å². The largest absolute Gasteiger partial charge is 0.363 e. The Balaban J connectivity index is 1.52. The zero-order valence-electron chi connectivity index (χ0n) is 11.5. The van der Waals surface area contributed by atoms with Crippen LogP contribution in [0.2, 0.25) is 0 Å². The smallest absolute Gasteiger partial charge is 0.252 e. The summed E-state index contributed by atoms with van der Waals surface area (Å²) in [4.78, 5) is 8.76. The predicted molar refractivity (Wildman–Crippen MR) is 79.0 cm³/mol. The third kappa shape index (κ3) is 2.44. The van der Waals surface area contributed by atoms with Gasteiger partial charge in [0, 0.05) is 24.8 Å². The van der Waals surface area contributed by atoms with Gasteiger partial charge in [0.25, 0.3) is 5.89 Å². The average molecular weight is 302 g/mol. The minimum absolute atomic E-state index is 0.119. The minimum Gasteiger partial charge on any atom is -0.363 e. The molecule has 3 aromatic heterocycles. The highest BCUT2D eigenvalue weighted by Crippen LogP contribution is 2.24. The molecule has 21 heavy (non-hydrogen) atoms. The molecule has 1 saturated heterocycles. The normalized spacial score (nSPS) is 17.0. The molecule has 7 heteroatoms. The zero-order valence-corrected chi connectivity index (χ0v) is 12.3. The Morgan fingerprint density at radius 3 is 3.19 bits per heavy atom. The van der Waals surface area contributed by atoms with Crippen LogP contribution in [0.1, 0.15) is 12.8 Å². The zero-order chi connectivity index (χ0) is 14.3. The van der Waals surface area contributed by atoms with Gasteiger partial charge in [-0.3, -0.25) is 4.98 Å². The summed E-state index contributed by atoms with van der Waals surface area (Å²) in [6, 6.07) is 4.02. The molecule has 4 rings (SSSR count). The molecule has 6 nitrogen and oxygen atoms in total. The van der Waals surface area contributed by atoms with Gasteiger partial charge in [0.1, 0.15) is 6.61 Å². The van der Waals surface area contributed by atoms with Crippen molar-refractivity contribution in [3.8, 4) is 11.4 Å². The summed E-state index contributed by atoms with van der Waals surface area (Å²) in [5, 5.41) is 9.21. The van der Waals surface area contributed by atoms with E-state index in [0.717, 1.165) is 28.9 Å². The van der Waals surface area contributed by atoms with E-state index in [1.807, 2.05) is 17.5 Å². The van der Waals surface area contributed by atoms with E-state index >= 15 is 0 Å². The van der Waals surface area contributed by atoms with Crippen LogP contribution in [0.15, 0.2) is 28.2 Å². The third-order valence-corrected chi connectivity index (χ3v) is 4.42. The van der Waals surface area contributed by atoms with Crippen molar-refractivity contribution in [1.82, 2.24) is 20.4 Å². The fourth-order valence-electron chi connectivity index (χ4n) is 2.21. The molecule has 0 aromatic carbocycles. The molecule has 3 aromatic rings. The van der Waals surface area contributed by atoms with E-state index in [2.05, 4.69) is 27.4 Å². The number of aromatic nitrogens is 3. The molecular weight excluding hydrogens is 288 g/mol. The number of hydrogen-bond acceptors (Lipinski definition) is 7. The molecule has 108 valence electrons. The van der Waals surface area contributed by atoms with Crippen LogP contribution < -0.4 is 5.32 Å². The first-order valence-electron chi connectivity index (χ1n) is 6.73. The molecule has 4 heterocycles. The van der Waals surface area contributed by atoms with Crippen LogP contribution in [0.3, 0.4) is 0 Å². The van der Waals surface area contributed by atoms with Gasteiger partial charge in [-0.05, 0) is 24.4 Å². The van der Waals surface area contributed by atoms with E-state index in [1.54, 1.807) is 17.5 Å². The molecule has 1 aliphatic heterocycles. The van der Waals surface area contributed by atoms with Crippen LogP contribution in [0.4, 0.5) is 0 Å². The van der Waals surface area contributed by atoms with Crippen LogP contribution in [0.25, 0.3) is 21.6 Å². The Labute approximate surface area is 125 Å². The van der Waals surface area contributed by atoms with Crippen molar-refractivity contribution in [2.75, 3.05) is 13.1 Å². The van der Waals surface area contributed by atoms with Crippen molar-refractivity contribution in [2.24, 2.45) is 0 Å². The van der Waals surface area contributed by atoms with Crippen LogP contribution >= 0.6 is 11.3 Å². The number of fused-ring (bicyclic) bond motifs is 1. The number of nitrogens with zero attached hydrogens (tertiary/aromatic N) is 3. The molecule has 0 spiro atoms. The fourth-order valence-corrected chi connectivity index (χ4v) is 2.99. The second-order valence-corrected chi connectivity index (χ2v) is 6.33. The topological polar surface area (TPSA) is 73.1 Å². The molecule has 0 atom stereocenters. The molecule has 1 aliphatic rings. The van der Waals surface area contributed by atoms with Gasteiger partial charge >= 0.3 is 0 Å². The monoisotopic (exact) mass is 302 g/mol. The lowest BCUT2D eigenvalue weighted by Crippen LogP contribution is -2.58. The lowest BCUT2D eigenvalue weighted by molar-refractivity contribution is -0.0841. The van der Waals surface area contributed by atoms with E-state index in [4.69, 9.17) is 9.26 Å². The summed E-state index contributed by atoms with van der Waals surface area (Å²) in [5.74, 6) is 1.04. The van der Waals surface area contributed by atoms with Gasteiger partial charge in [0.05, 0.1) is 15.8 Å². The number of rotatable bonds is 4. The molecule has 0 amide bonds. The van der Waals surface area contributed by atoms with Gasteiger partial charge in [-0.1, -0.05) is 5.16 Å². The Morgan fingerprint density at radius 1 is 1.48 bits per heavy atom. The standard InChI is InChI=1S/C14H14N4O2S/c1-14(7-15-8-14)19-6-12-17-13(18-20-12)9-4-11-10(16-5-9)2-3-21-11/h2-5,15H,6-8H2,1H3. The van der Waals surface area contributed by atoms with Gasteiger partial charge in [0.2, 0.25) is 5.82 Å². The van der Waals surface area contributed by atoms with Crippen molar-refractivity contribution >= 4 is 21.6 Å². The van der Waals surface area contributed by atoms with E-state index in [9.17, 15) is 0 Å². The average Bonchev–Trinajstić information content (AvgIpc) is 3.11. The molecule has 0 radical (unpaired) electrons. The van der Waals surface area contributed by atoms with E-state index in [1.165, 1.54) is 0 Å². The number of hydrogen-bond donors (Lipinski definition) is 1. The van der Waals surface area contributed by atoms with Gasteiger partial charge < -0.3 is 14.6 Å². The number of pyridine rings is 1. The van der Waals surface area contributed by atoms with E-state index < -0.39 is 0 Å². The van der Waals surface area contributed by atoms with Crippen LogP contribution in [0.5, 0.6) is 0 Å². The van der Waals surface area contributed by atoms with Gasteiger partial charge in [-0.2, -0.15) is 4.98 Å². The SMILES string of the molecule is CC1(OCc2nc(-c3cnc4ccsc4c3)no2)CNC1. The number of nitrogens with one attached hydrogen (secondary N) is 1. The first-order valence-corrected chi connectivity index (χ1v) is 7.61. The molecule has 0 aliphatic carbocycles. The van der Waals surface area contributed by atoms with Crippen molar-refractivity contribution in [3.05, 3.63) is 29.6 Å². The van der Waals surface area contributed by atoms with Gasteiger partial charge in [-0.25, -0.2) is 0 Å². The molecule has 1 N–H and O–H groups in total. The van der Waals surface area contributed by atoms with E-state index in [-0.39, 0.29) is 5.60 Å². The minimum atomic E-state index is -0.119. The quantitative estimate of drug-likeness (QED) is 0.796. The number of thiophene rings is 1. The van der Waals surface area contributed by atoms with Crippen molar-refractivity contribution in [1.29, 1.82) is 0 Å². The number of ether oxygens (including phenoxy) is 1. The first-order chi connectivity index (χ1) is 10.2. The highest BCUT2D eigenvalue weighted by molar-refractivity contribution is 7.17. The summed E-state index contributed by atoms with van der Waals surface area (Å²) >= 11 is 1.65. The Kier molecular flexibility index (Phi) is 2.99. The van der Waals surface area contributed by atoms with Crippen molar-refractivity contribution < 1.29 is 9.26 Å². The summed E-state index contributed by atoms with van der Waals surface area (Å²) in [6.07, 6.45) is 1.77. The fraction of sp³-hybridized carbons (Fsp3) is 0.357. The molecule has 1 fully saturated rings. The van der Waals surface area contributed by atoms with Crippen LogP contribution in [0, 0.1) is 0 Å². The maximum Gasteiger partial charge on any atom is 0.252 e. The maximum absolute atomic E-state index is 5.79. The summed E-state index contributed by atoms with van der Waals surface area (Å²) in [7, 11) is 0. The Morgan fingerprint density at radius 2 is 2.38 bits per heavy atom. The summed E-state index contributed by atoms with van der Waals surface area (Å²) in [6.45, 7) is 4.11. The summed E-state index contributed by atoms with van der Waals surface area (Å²) in [5.41, 5.74) is 1.73. The second kappa shape index (κ2) is 4.87. The third-order valence-electron chi connectivity index (χ3n) is 3.57. The highest BCUT2D eigenvalue weighted by Gasteiger charge is 2.33. The Hall–Kier alpha value is -1.83. The van der Waals surface area contributed by atoms with E-state index in [0.29, 0.717) is 18.3 Å². The van der Waals surface area contributed by atoms with Gasteiger partial charge in [0.15, 0.2) is 0 Å².